The van der Waals surface area contributed by atoms with Gasteiger partial charge in [0, 0.05) is 81.1 Å². The van der Waals surface area contributed by atoms with Crippen LogP contribution in [-0.4, -0.2) is 182 Å². The van der Waals surface area contributed by atoms with Gasteiger partial charge in [-0.2, -0.15) is 24.1 Å². The van der Waals surface area contributed by atoms with Crippen LogP contribution in [0.3, 0.4) is 0 Å². The van der Waals surface area contributed by atoms with E-state index in [4.69, 9.17) is 69.5 Å². The minimum atomic E-state index is -0.563. The Morgan fingerprint density at radius 3 is 1.34 bits per heavy atom. The summed E-state index contributed by atoms with van der Waals surface area (Å²) < 4.78 is 86.3. The number of carbonyl (C=O) groups is 3. The lowest BCUT2D eigenvalue weighted by Gasteiger charge is -2.32. The molecule has 25 nitrogen and oxygen atoms in total. The lowest BCUT2D eigenvalue weighted by atomic mass is 10.1. The third kappa shape index (κ3) is 18.6. The number of hydrogen-bond acceptors (Lipinski definition) is 19. The number of ether oxygens (including phenoxy) is 9. The maximum atomic E-state index is 14.6. The van der Waals surface area contributed by atoms with Crippen LogP contribution in [0.2, 0.25) is 5.02 Å². The van der Waals surface area contributed by atoms with Crippen LogP contribution >= 0.6 is 11.6 Å². The molecule has 118 heavy (non-hydrogen) atoms. The first-order chi connectivity index (χ1) is 57.3. The fraction of sp³-hybridized carbons (Fsp3) is 0.300. The number of fused-ring (bicyclic) bond motifs is 3. The highest BCUT2D eigenvalue weighted by atomic mass is 35.5. The fourth-order valence-electron chi connectivity index (χ4n) is 14.5. The largest absolute Gasteiger partial charge is 0.495 e. The van der Waals surface area contributed by atoms with Crippen LogP contribution in [0.15, 0.2) is 190 Å². The third-order valence-electron chi connectivity index (χ3n) is 20.2. The molecule has 0 radical (unpaired) electrons. The fourth-order valence-corrected chi connectivity index (χ4v) is 14.8. The molecule has 3 saturated heterocycles. The Morgan fingerprint density at radius 1 is 0.517 bits per heavy atom. The number of rotatable bonds is 25. The summed E-state index contributed by atoms with van der Waals surface area (Å²) in [7, 11) is 8.38. The molecule has 3 aliphatic rings. The first kappa shape index (κ1) is 82.9. The van der Waals surface area contributed by atoms with Gasteiger partial charge in [0.05, 0.1) is 86.9 Å². The molecule has 0 aliphatic carbocycles. The second-order valence-electron chi connectivity index (χ2n) is 28.6. The first-order valence-corrected chi connectivity index (χ1v) is 39.2. The van der Waals surface area contributed by atoms with Gasteiger partial charge in [0.15, 0.2) is 40.2 Å². The molecule has 6 aromatic carbocycles. The number of halogens is 3. The molecule has 6 aromatic heterocycles. The van der Waals surface area contributed by atoms with E-state index in [1.54, 1.807) is 122 Å². The van der Waals surface area contributed by atoms with Crippen LogP contribution in [-0.2, 0) is 14.4 Å². The quantitative estimate of drug-likeness (QED) is 0.0381. The summed E-state index contributed by atoms with van der Waals surface area (Å²) in [6.07, 6.45) is 17.4. The Balaban J connectivity index is 0.000000154. The zero-order valence-electron chi connectivity index (χ0n) is 67.2. The van der Waals surface area contributed by atoms with Crippen molar-refractivity contribution in [2.75, 3.05) is 94.5 Å². The highest BCUT2D eigenvalue weighted by Crippen LogP contribution is 2.44. The van der Waals surface area contributed by atoms with Gasteiger partial charge >= 0.3 is 0 Å². The molecule has 0 unspecified atom stereocenters. The Morgan fingerprint density at radius 2 is 0.907 bits per heavy atom. The standard InChI is InChI=1S/C32H34FN5O4.C30H31FN4O4.C28H27ClN4O4/c1-5-8-29(39)37-16-7-9-23(21-37)38-32-25(19-34-20-28(32)41-18-17-36(2)3)31(35-38)22-12-14-24(15-13-22)42-27-11-6-10-26(40-4)30(27)33;1-5-27(36)34-15-7-8-21(18-34)35-30-23(16-32-17-26(30)38-19(2)3)29(33-35)20-11-13-22(14-12-20)39-25-10-6-9-24(37-4)28(25)31;1-4-25(34)32-14-13-19(17-32)33-28-21(15-30-16-24(28)36-5-2)27(31-33)18-9-11-20(12-10-18)37-23-8-6-7-22(35-3)26(23)29/h6,10-15,19-20,23H,7,9,16-18,21H2,1-4H3;5-6,9-14,16-17,19,21H,1,7-8,15,18H2,2-4H3;4,6-12,15-16,19H,1,5,13-14,17H2,2-3H3/t23-;21-;19-/m111/s1. The number of pyridine rings is 3. The van der Waals surface area contributed by atoms with E-state index < -0.39 is 11.6 Å². The number of hydrogen-bond donors (Lipinski definition) is 0. The van der Waals surface area contributed by atoms with Crippen molar-refractivity contribution in [3.8, 4) is 115 Å². The van der Waals surface area contributed by atoms with Crippen molar-refractivity contribution in [3.63, 3.8) is 0 Å². The Labute approximate surface area is 687 Å². The molecule has 0 N–H and O–H groups in total. The molecular formula is C90H92ClF2N13O12. The molecule has 0 saturated carbocycles. The molecular weight excluding hydrogens is 1530 g/mol. The number of aromatic nitrogens is 9. The van der Waals surface area contributed by atoms with Crippen LogP contribution in [0.5, 0.6) is 69.0 Å². The van der Waals surface area contributed by atoms with Crippen molar-refractivity contribution in [2.45, 2.75) is 84.0 Å². The zero-order chi connectivity index (χ0) is 83.1. The second-order valence-corrected chi connectivity index (χ2v) is 28.9. The number of benzene rings is 6. The van der Waals surface area contributed by atoms with Crippen molar-refractivity contribution in [1.82, 2.24) is 63.9 Å². The van der Waals surface area contributed by atoms with Gasteiger partial charge in [0.1, 0.15) is 74.0 Å². The van der Waals surface area contributed by atoms with Crippen LogP contribution in [0, 0.1) is 23.5 Å². The molecule has 9 heterocycles. The smallest absolute Gasteiger partial charge is 0.298 e. The van der Waals surface area contributed by atoms with E-state index in [9.17, 15) is 23.2 Å². The number of likely N-dealkylation sites (N-methyl/N-ethyl adjacent to an activating group) is 1. The van der Waals surface area contributed by atoms with Crippen molar-refractivity contribution >= 4 is 62.0 Å². The van der Waals surface area contributed by atoms with E-state index in [1.807, 2.05) is 108 Å². The topological polar surface area (TPSA) is 239 Å². The van der Waals surface area contributed by atoms with E-state index in [-0.39, 0.29) is 64.9 Å². The van der Waals surface area contributed by atoms with E-state index in [1.165, 1.54) is 38.5 Å². The summed E-state index contributed by atoms with van der Waals surface area (Å²) in [6, 6.07) is 37.1. The molecule has 3 amide bonds. The zero-order valence-corrected chi connectivity index (χ0v) is 68.0. The summed E-state index contributed by atoms with van der Waals surface area (Å²) in [5, 5.41) is 18.1. The average molecular weight is 1620 g/mol. The van der Waals surface area contributed by atoms with Crippen LogP contribution in [0.25, 0.3) is 66.5 Å². The van der Waals surface area contributed by atoms with Gasteiger partial charge in [0.2, 0.25) is 23.4 Å². The molecule has 15 rings (SSSR count). The third-order valence-corrected chi connectivity index (χ3v) is 20.6. The Bertz CT molecular complexity index is 5670. The van der Waals surface area contributed by atoms with Gasteiger partial charge in [0.25, 0.3) is 5.91 Å². The van der Waals surface area contributed by atoms with Crippen LogP contribution in [0.4, 0.5) is 8.78 Å². The SMILES string of the molecule is C=CC(=O)N1CCC[C@@H](n2nc(-c3ccc(Oc4cccc(OC)c4F)cc3)c3cncc(OC(C)C)c32)C1.C=CC(=O)N1CC[C@@H](n2nc(-c3ccc(Oc4cccc(OC)c4Cl)cc3)c3cncc(OCC)c32)C1.CC#CC(=O)N1CCC[C@@H](n2nc(-c3ccc(Oc4cccc(OC)c4F)cc3)c3cncc(OCCN(C)C)c32)C1. The predicted octanol–water partition coefficient (Wildman–Crippen LogP) is 17.3. The summed E-state index contributed by atoms with van der Waals surface area (Å²) in [5.74, 6) is 8.87. The number of likely N-dealkylation sites (tertiary alicyclic amines) is 3. The number of piperidine rings is 2. The highest BCUT2D eigenvalue weighted by molar-refractivity contribution is 6.33. The number of amides is 3. The molecule has 3 aliphatic heterocycles. The summed E-state index contributed by atoms with van der Waals surface area (Å²) in [4.78, 5) is 57.9. The monoisotopic (exact) mass is 1620 g/mol. The lowest BCUT2D eigenvalue weighted by Crippen LogP contribution is -2.40. The van der Waals surface area contributed by atoms with Gasteiger partial charge in [-0.05, 0) is 201 Å². The Kier molecular flexibility index (Phi) is 26.8. The lowest BCUT2D eigenvalue weighted by molar-refractivity contribution is -0.128. The molecule has 0 spiro atoms. The second kappa shape index (κ2) is 38.1. The highest BCUT2D eigenvalue weighted by Gasteiger charge is 2.34. The van der Waals surface area contributed by atoms with Crippen molar-refractivity contribution in [1.29, 1.82) is 0 Å². The first-order valence-electron chi connectivity index (χ1n) is 38.8. The summed E-state index contributed by atoms with van der Waals surface area (Å²) in [6.45, 7) is 20.1. The van der Waals surface area contributed by atoms with Gasteiger partial charge < -0.3 is 62.2 Å². The molecule has 0 bridgehead atoms. The summed E-state index contributed by atoms with van der Waals surface area (Å²) in [5.41, 5.74) is 7.37. The number of nitrogens with zero attached hydrogens (tertiary/aromatic N) is 13. The predicted molar refractivity (Wildman–Crippen MR) is 448 cm³/mol. The van der Waals surface area contributed by atoms with Crippen LogP contribution < -0.4 is 42.6 Å². The molecule has 28 heteroatoms. The summed E-state index contributed by atoms with van der Waals surface area (Å²) >= 11 is 6.38. The van der Waals surface area contributed by atoms with E-state index in [0.29, 0.717) is 104 Å². The average Bonchev–Trinajstić information content (AvgIpc) is 1.62. The minimum Gasteiger partial charge on any atom is -0.495 e. The van der Waals surface area contributed by atoms with Crippen molar-refractivity contribution in [3.05, 3.63) is 207 Å². The van der Waals surface area contributed by atoms with Gasteiger partial charge in [-0.3, -0.25) is 43.4 Å². The molecule has 610 valence electrons. The van der Waals surface area contributed by atoms with Gasteiger partial charge in [-0.15, -0.1) is 0 Å². The van der Waals surface area contributed by atoms with E-state index in [2.05, 4.69) is 44.9 Å². The van der Waals surface area contributed by atoms with E-state index >= 15 is 0 Å². The molecule has 12 aromatic rings. The van der Waals surface area contributed by atoms with Crippen LogP contribution in [0.1, 0.15) is 77.9 Å². The van der Waals surface area contributed by atoms with Crippen molar-refractivity contribution in [2.24, 2.45) is 0 Å². The maximum absolute atomic E-state index is 14.6. The maximum Gasteiger partial charge on any atom is 0.298 e. The minimum absolute atomic E-state index is 0.0135. The number of methoxy groups -OCH3 is 3. The normalized spacial score (nSPS) is 15.1. The van der Waals surface area contributed by atoms with E-state index in [0.717, 1.165) is 105 Å². The van der Waals surface area contributed by atoms with Gasteiger partial charge in [-0.1, -0.05) is 48.9 Å². The Hall–Kier alpha value is -13.1. The molecule has 3 fully saturated rings. The number of carbonyl (C=O) groups excluding carboxylic acids is 3. The van der Waals surface area contributed by atoms with Crippen molar-refractivity contribution < 1.29 is 65.8 Å². The van der Waals surface area contributed by atoms with Gasteiger partial charge in [-0.25, -0.2) is 0 Å². The molecule has 3 atom stereocenters.